The summed E-state index contributed by atoms with van der Waals surface area (Å²) >= 11 is 0. The molecule has 10 nitrogen and oxygen atoms in total. The van der Waals surface area contributed by atoms with Crippen LogP contribution in [-0.4, -0.2) is 45.3 Å². The SMILES string of the molecule is CNC(=O)Cn1nnn(-c2ccc(NC(=O)COc3ccc(C(C)C)cc3)cc2)c1=O. The third-order valence-electron chi connectivity index (χ3n) is 4.52. The number of hydrogen-bond acceptors (Lipinski definition) is 6. The predicted octanol–water partition coefficient (Wildman–Crippen LogP) is 1.32. The minimum absolute atomic E-state index is 0.129. The minimum atomic E-state index is -0.544. The number of amides is 2. The molecular weight excluding hydrogens is 400 g/mol. The van der Waals surface area contributed by atoms with Crippen molar-refractivity contribution in [3.05, 3.63) is 64.6 Å². The van der Waals surface area contributed by atoms with Crippen molar-refractivity contribution in [2.24, 2.45) is 0 Å². The second kappa shape index (κ2) is 9.70. The van der Waals surface area contributed by atoms with E-state index in [4.69, 9.17) is 4.74 Å². The molecule has 0 spiro atoms. The van der Waals surface area contributed by atoms with Crippen LogP contribution in [0.1, 0.15) is 25.3 Å². The van der Waals surface area contributed by atoms with Gasteiger partial charge in [0.1, 0.15) is 12.3 Å². The molecule has 0 aliphatic carbocycles. The Hall–Kier alpha value is -3.95. The first-order valence-corrected chi connectivity index (χ1v) is 9.74. The molecule has 3 rings (SSSR count). The molecule has 31 heavy (non-hydrogen) atoms. The summed E-state index contributed by atoms with van der Waals surface area (Å²) in [4.78, 5) is 35.9. The van der Waals surface area contributed by atoms with Crippen LogP contribution in [0, 0.1) is 0 Å². The van der Waals surface area contributed by atoms with Crippen LogP contribution >= 0.6 is 0 Å². The Morgan fingerprint density at radius 3 is 2.29 bits per heavy atom. The molecule has 0 saturated heterocycles. The first-order chi connectivity index (χ1) is 14.9. The van der Waals surface area contributed by atoms with Gasteiger partial charge in [-0.1, -0.05) is 26.0 Å². The Morgan fingerprint density at radius 2 is 1.68 bits per heavy atom. The van der Waals surface area contributed by atoms with Gasteiger partial charge in [-0.2, -0.15) is 9.36 Å². The van der Waals surface area contributed by atoms with E-state index in [2.05, 4.69) is 34.9 Å². The summed E-state index contributed by atoms with van der Waals surface area (Å²) in [6.07, 6.45) is 0. The quantitative estimate of drug-likeness (QED) is 0.563. The number of tetrazole rings is 1. The van der Waals surface area contributed by atoms with E-state index in [1.165, 1.54) is 12.6 Å². The van der Waals surface area contributed by atoms with Crippen molar-refractivity contribution in [1.29, 1.82) is 0 Å². The summed E-state index contributed by atoms with van der Waals surface area (Å²) in [6.45, 7) is 3.87. The van der Waals surface area contributed by atoms with Crippen LogP contribution in [0.25, 0.3) is 5.69 Å². The van der Waals surface area contributed by atoms with Crippen molar-refractivity contribution in [2.75, 3.05) is 19.0 Å². The largest absolute Gasteiger partial charge is 0.484 e. The molecule has 0 bridgehead atoms. The van der Waals surface area contributed by atoms with E-state index >= 15 is 0 Å². The Balaban J connectivity index is 1.57. The molecule has 0 aliphatic heterocycles. The molecular formula is C21H24N6O4. The molecule has 3 aromatic rings. The van der Waals surface area contributed by atoms with Crippen molar-refractivity contribution in [2.45, 2.75) is 26.3 Å². The van der Waals surface area contributed by atoms with Crippen LogP contribution in [0.4, 0.5) is 5.69 Å². The maximum atomic E-state index is 12.3. The highest BCUT2D eigenvalue weighted by Crippen LogP contribution is 2.18. The van der Waals surface area contributed by atoms with E-state index in [1.54, 1.807) is 24.3 Å². The monoisotopic (exact) mass is 424 g/mol. The van der Waals surface area contributed by atoms with Gasteiger partial charge >= 0.3 is 5.69 Å². The molecule has 0 fully saturated rings. The summed E-state index contributed by atoms with van der Waals surface area (Å²) < 4.78 is 7.54. The lowest BCUT2D eigenvalue weighted by atomic mass is 10.0. The summed E-state index contributed by atoms with van der Waals surface area (Å²) in [5.74, 6) is 0.380. The van der Waals surface area contributed by atoms with Crippen LogP contribution < -0.4 is 21.1 Å². The molecule has 2 N–H and O–H groups in total. The van der Waals surface area contributed by atoms with E-state index in [-0.39, 0.29) is 25.0 Å². The number of anilines is 1. The molecule has 1 heterocycles. The zero-order valence-electron chi connectivity index (χ0n) is 17.5. The lowest BCUT2D eigenvalue weighted by Gasteiger charge is -2.09. The average molecular weight is 424 g/mol. The van der Waals surface area contributed by atoms with Crippen LogP contribution in [0.15, 0.2) is 53.3 Å². The first kappa shape index (κ1) is 21.8. The Kier molecular flexibility index (Phi) is 6.81. The van der Waals surface area contributed by atoms with Gasteiger partial charge in [0.15, 0.2) is 6.61 Å². The van der Waals surface area contributed by atoms with E-state index in [0.717, 1.165) is 9.36 Å². The molecule has 162 valence electrons. The third-order valence-corrected chi connectivity index (χ3v) is 4.52. The van der Waals surface area contributed by atoms with Gasteiger partial charge in [0, 0.05) is 12.7 Å². The number of carbonyl (C=O) groups is 2. The maximum absolute atomic E-state index is 12.3. The number of carbonyl (C=O) groups excluding carboxylic acids is 2. The highest BCUT2D eigenvalue weighted by molar-refractivity contribution is 5.91. The fraction of sp³-hybridized carbons (Fsp3) is 0.286. The number of hydrogen-bond donors (Lipinski definition) is 2. The normalized spacial score (nSPS) is 10.7. The van der Waals surface area contributed by atoms with Gasteiger partial charge in [0.05, 0.1) is 5.69 Å². The standard InChI is InChI=1S/C21H24N6O4/c1-14(2)15-4-10-18(11-5-15)31-13-20(29)23-16-6-8-17(9-7-16)27-21(30)26(24-25-27)12-19(28)22-3/h4-11,14H,12-13H2,1-3H3,(H,22,28)(H,23,29). The maximum Gasteiger partial charge on any atom is 0.368 e. The summed E-state index contributed by atoms with van der Waals surface area (Å²) in [7, 11) is 1.47. The van der Waals surface area contributed by atoms with Gasteiger partial charge in [0.2, 0.25) is 5.91 Å². The summed E-state index contributed by atoms with van der Waals surface area (Å²) in [5.41, 5.74) is 1.65. The van der Waals surface area contributed by atoms with Crippen molar-refractivity contribution in [3.63, 3.8) is 0 Å². The summed E-state index contributed by atoms with van der Waals surface area (Å²) in [5, 5.41) is 12.6. The Morgan fingerprint density at radius 1 is 1.00 bits per heavy atom. The molecule has 2 amide bonds. The third kappa shape index (κ3) is 5.56. The molecule has 2 aromatic carbocycles. The van der Waals surface area contributed by atoms with Gasteiger partial charge in [-0.15, -0.1) is 0 Å². The lowest BCUT2D eigenvalue weighted by molar-refractivity contribution is -0.121. The number of benzene rings is 2. The fourth-order valence-corrected chi connectivity index (χ4v) is 2.73. The molecule has 0 atom stereocenters. The molecule has 1 aromatic heterocycles. The number of nitrogens with zero attached hydrogens (tertiary/aromatic N) is 4. The number of ether oxygens (including phenoxy) is 1. The highest BCUT2D eigenvalue weighted by atomic mass is 16.5. The number of likely N-dealkylation sites (N-methyl/N-ethyl adjacent to an activating group) is 1. The summed E-state index contributed by atoms with van der Waals surface area (Å²) in [6, 6.07) is 14.1. The minimum Gasteiger partial charge on any atom is -0.484 e. The Labute approximate surface area is 178 Å². The van der Waals surface area contributed by atoms with Gasteiger partial charge in [0.25, 0.3) is 5.91 Å². The smallest absolute Gasteiger partial charge is 0.368 e. The second-order valence-electron chi connectivity index (χ2n) is 7.11. The van der Waals surface area contributed by atoms with Crippen molar-refractivity contribution in [3.8, 4) is 11.4 Å². The lowest BCUT2D eigenvalue weighted by Crippen LogP contribution is -2.31. The first-order valence-electron chi connectivity index (χ1n) is 9.74. The van der Waals surface area contributed by atoms with E-state index in [1.807, 2.05) is 24.3 Å². The predicted molar refractivity (Wildman–Crippen MR) is 114 cm³/mol. The van der Waals surface area contributed by atoms with Crippen molar-refractivity contribution >= 4 is 17.5 Å². The number of aromatic nitrogens is 4. The van der Waals surface area contributed by atoms with Crippen LogP contribution in [0.5, 0.6) is 5.75 Å². The highest BCUT2D eigenvalue weighted by Gasteiger charge is 2.12. The number of rotatable bonds is 8. The van der Waals surface area contributed by atoms with Gasteiger partial charge in [-0.05, 0) is 58.3 Å². The van der Waals surface area contributed by atoms with Crippen LogP contribution in [0.2, 0.25) is 0 Å². The fourth-order valence-electron chi connectivity index (χ4n) is 2.73. The second-order valence-corrected chi connectivity index (χ2v) is 7.11. The molecule has 0 unspecified atom stereocenters. The van der Waals surface area contributed by atoms with Crippen molar-refractivity contribution in [1.82, 2.24) is 25.1 Å². The molecule has 0 saturated carbocycles. The van der Waals surface area contributed by atoms with E-state index < -0.39 is 5.69 Å². The van der Waals surface area contributed by atoms with Crippen LogP contribution in [0.3, 0.4) is 0 Å². The average Bonchev–Trinajstić information content (AvgIpc) is 3.13. The van der Waals surface area contributed by atoms with E-state index in [9.17, 15) is 14.4 Å². The number of nitrogens with one attached hydrogen (secondary N) is 2. The van der Waals surface area contributed by atoms with Gasteiger partial charge < -0.3 is 15.4 Å². The van der Waals surface area contributed by atoms with E-state index in [0.29, 0.717) is 23.0 Å². The Bertz CT molecular complexity index is 1100. The molecule has 0 aliphatic rings. The zero-order chi connectivity index (χ0) is 22.4. The molecule has 0 radical (unpaired) electrons. The van der Waals surface area contributed by atoms with Gasteiger partial charge in [-0.25, -0.2) is 4.79 Å². The molecule has 10 heteroatoms. The van der Waals surface area contributed by atoms with Crippen LogP contribution in [-0.2, 0) is 16.1 Å². The topological polar surface area (TPSA) is 120 Å². The van der Waals surface area contributed by atoms with Gasteiger partial charge in [-0.3, -0.25) is 9.59 Å². The van der Waals surface area contributed by atoms with Crippen molar-refractivity contribution < 1.29 is 14.3 Å². The zero-order valence-corrected chi connectivity index (χ0v) is 17.5.